The molecule has 0 saturated heterocycles. The van der Waals surface area contributed by atoms with Gasteiger partial charge in [0.2, 0.25) is 5.65 Å². The Morgan fingerprint density at radius 1 is 0.714 bits per heavy atom. The number of hydrazine groups is 1. The van der Waals surface area contributed by atoms with E-state index in [-0.39, 0.29) is 5.52 Å². The van der Waals surface area contributed by atoms with Crippen molar-refractivity contribution in [3.8, 4) is 0 Å². The van der Waals surface area contributed by atoms with E-state index in [4.69, 9.17) is 11.6 Å². The van der Waals surface area contributed by atoms with Crippen LogP contribution in [0, 0.1) is 0 Å². The Kier molecular flexibility index (Phi) is 7.25. The van der Waals surface area contributed by atoms with E-state index in [0.717, 1.165) is 56.5 Å². The van der Waals surface area contributed by atoms with Crippen molar-refractivity contribution in [2.24, 2.45) is 0 Å². The number of rotatable bonds is 1. The number of hydrogen-bond donors (Lipinski definition) is 3. The molecule has 242 valence electrons. The highest BCUT2D eigenvalue weighted by atomic mass is 35.5. The summed E-state index contributed by atoms with van der Waals surface area (Å²) in [5, 5.41) is 8.96. The van der Waals surface area contributed by atoms with Gasteiger partial charge in [-0.15, -0.1) is 10.2 Å². The molecule has 3 aliphatic rings. The molecule has 0 amide bonds. The number of nitrogens with zero attached hydrogens (tertiary/aromatic N) is 7. The molecule has 1 aromatic carbocycles. The second-order valence-corrected chi connectivity index (χ2v) is 11.8. The van der Waals surface area contributed by atoms with E-state index in [1.807, 2.05) is 61.6 Å². The van der Waals surface area contributed by atoms with E-state index in [1.165, 1.54) is 16.8 Å². The van der Waals surface area contributed by atoms with Gasteiger partial charge in [0.1, 0.15) is 6.33 Å². The average molecular weight is 677 g/mol. The maximum Gasteiger partial charge on any atom is 0.417 e. The third-order valence-corrected chi connectivity index (χ3v) is 8.10. The van der Waals surface area contributed by atoms with Crippen molar-refractivity contribution in [1.29, 1.82) is 0 Å². The van der Waals surface area contributed by atoms with Crippen LogP contribution in [0.4, 0.5) is 19.0 Å². The average Bonchev–Trinajstić information content (AvgIpc) is 3.91. The first kappa shape index (κ1) is 30.1. The largest absolute Gasteiger partial charge is 0.417 e. The minimum Gasteiger partial charge on any atom is -0.355 e. The van der Waals surface area contributed by atoms with Crippen LogP contribution >= 0.6 is 11.6 Å². The van der Waals surface area contributed by atoms with E-state index >= 15 is 0 Å². The standard InChI is InChI=1S/C20H14N4.C15H10ClF3N6/c1-2-14-10-16-5-6-18(23-16)12-20-8-7-19(24-20)11-17-4-3-15(22-17)9-13(1)21-14;1-8-2-3-25(21-6-8)13-14-23-20-7-24(14)12-4-9(15(17,18)19)10(16)5-11(12)22-13/h1-12,21,24H;2-7,21H,1H3. The topological polar surface area (TPSA) is 116 Å². The minimum atomic E-state index is -4.57. The van der Waals surface area contributed by atoms with Gasteiger partial charge < -0.3 is 9.97 Å². The number of aromatic amines is 2. The van der Waals surface area contributed by atoms with Crippen molar-refractivity contribution in [3.05, 3.63) is 124 Å². The third-order valence-electron chi connectivity index (χ3n) is 7.79. The Bertz CT molecular complexity index is 2400. The molecule has 8 heterocycles. The van der Waals surface area contributed by atoms with Gasteiger partial charge in [-0.3, -0.25) is 9.83 Å². The zero-order valence-electron chi connectivity index (χ0n) is 25.5. The number of alkyl halides is 3. The van der Waals surface area contributed by atoms with Gasteiger partial charge in [0.25, 0.3) is 0 Å². The first-order chi connectivity index (χ1) is 23.6. The second-order valence-electron chi connectivity index (χ2n) is 11.4. The zero-order chi connectivity index (χ0) is 33.7. The summed E-state index contributed by atoms with van der Waals surface area (Å²) >= 11 is 5.82. The quantitative estimate of drug-likeness (QED) is 0.160. The van der Waals surface area contributed by atoms with Crippen LogP contribution in [-0.2, 0) is 6.18 Å². The molecule has 0 spiro atoms. The number of fused-ring (bicyclic) bond motifs is 11. The molecular formula is C35H24ClF3N10. The van der Waals surface area contributed by atoms with Crippen molar-refractivity contribution in [3.63, 3.8) is 0 Å². The Morgan fingerprint density at radius 3 is 1.76 bits per heavy atom. The van der Waals surface area contributed by atoms with Crippen LogP contribution in [0.5, 0.6) is 0 Å². The lowest BCUT2D eigenvalue weighted by molar-refractivity contribution is -0.137. The number of hydrogen-bond acceptors (Lipinski definition) is 7. The fourth-order valence-electron chi connectivity index (χ4n) is 5.47. The van der Waals surface area contributed by atoms with Crippen LogP contribution < -0.4 is 10.4 Å². The number of aromatic nitrogens is 8. The normalized spacial score (nSPS) is 13.8. The summed E-state index contributed by atoms with van der Waals surface area (Å²) in [5.41, 5.74) is 11.8. The number of anilines is 1. The molecule has 14 heteroatoms. The lowest BCUT2D eigenvalue weighted by Gasteiger charge is -2.23. The molecule has 0 unspecified atom stereocenters. The lowest BCUT2D eigenvalue weighted by atomic mass is 10.2. The van der Waals surface area contributed by atoms with Crippen LogP contribution in [0.25, 0.3) is 63.1 Å². The van der Waals surface area contributed by atoms with Gasteiger partial charge >= 0.3 is 6.18 Å². The van der Waals surface area contributed by atoms with E-state index < -0.39 is 16.8 Å². The Labute approximate surface area is 280 Å². The SMILES string of the molecule is C1=Cc2cc3ccc(cc4nc(cc5ccc(cc1n2)[nH]5)C=C4)[nH]3.CC1=CNN(c2nc3cc(Cl)c(C(F)(F)F)cc3n3cnnc23)C=C1. The number of halogens is 4. The van der Waals surface area contributed by atoms with Gasteiger partial charge in [0.15, 0.2) is 5.82 Å². The molecule has 8 bridgehead atoms. The molecule has 10 nitrogen and oxygen atoms in total. The first-order valence-electron chi connectivity index (χ1n) is 15.0. The predicted molar refractivity (Wildman–Crippen MR) is 186 cm³/mol. The fraction of sp³-hybridized carbons (Fsp3) is 0.0571. The molecule has 0 aliphatic carbocycles. The number of H-pyrrole nitrogens is 2. The van der Waals surface area contributed by atoms with E-state index in [9.17, 15) is 13.2 Å². The van der Waals surface area contributed by atoms with E-state index in [0.29, 0.717) is 17.0 Å². The summed E-state index contributed by atoms with van der Waals surface area (Å²) in [7, 11) is 0. The molecule has 3 aliphatic heterocycles. The second kappa shape index (κ2) is 11.8. The van der Waals surface area contributed by atoms with Gasteiger partial charge in [-0.05, 0) is 104 Å². The van der Waals surface area contributed by atoms with Gasteiger partial charge in [-0.1, -0.05) is 11.6 Å². The van der Waals surface area contributed by atoms with Crippen molar-refractivity contribution >= 4 is 80.5 Å². The summed E-state index contributed by atoms with van der Waals surface area (Å²) in [4.78, 5) is 20.4. The fourth-order valence-corrected chi connectivity index (χ4v) is 5.74. The van der Waals surface area contributed by atoms with Crippen molar-refractivity contribution in [1.82, 2.24) is 44.9 Å². The maximum absolute atomic E-state index is 13.1. The summed E-state index contributed by atoms with van der Waals surface area (Å²) < 4.78 is 40.8. The molecule has 5 aromatic heterocycles. The Morgan fingerprint density at radius 2 is 1.27 bits per heavy atom. The van der Waals surface area contributed by atoms with Crippen LogP contribution in [0.1, 0.15) is 35.3 Å². The Balaban J connectivity index is 0.000000142. The van der Waals surface area contributed by atoms with E-state index in [2.05, 4.69) is 64.8 Å². The van der Waals surface area contributed by atoms with Gasteiger partial charge in [0, 0.05) is 34.5 Å². The van der Waals surface area contributed by atoms with Crippen LogP contribution in [0.3, 0.4) is 0 Å². The summed E-state index contributed by atoms with van der Waals surface area (Å²) in [6.45, 7) is 1.92. The number of benzene rings is 1. The molecule has 0 radical (unpaired) electrons. The Hall–Kier alpha value is -6.21. The maximum atomic E-state index is 13.1. The molecule has 0 atom stereocenters. The summed E-state index contributed by atoms with van der Waals surface area (Å²) in [6.07, 6.45) is 10.2. The molecule has 6 aromatic rings. The van der Waals surface area contributed by atoms with Crippen molar-refractivity contribution in [2.45, 2.75) is 13.1 Å². The third kappa shape index (κ3) is 6.14. The van der Waals surface area contributed by atoms with Gasteiger partial charge in [0.05, 0.1) is 44.4 Å². The molecule has 49 heavy (non-hydrogen) atoms. The zero-order valence-corrected chi connectivity index (χ0v) is 26.3. The van der Waals surface area contributed by atoms with Gasteiger partial charge in [-0.25, -0.2) is 20.0 Å². The lowest BCUT2D eigenvalue weighted by Crippen LogP contribution is -2.32. The number of nitrogens with one attached hydrogen (secondary N) is 3. The van der Waals surface area contributed by atoms with Crippen LogP contribution in [0.15, 0.2) is 91.0 Å². The molecule has 3 N–H and O–H groups in total. The minimum absolute atomic E-state index is 0.216. The number of allylic oxidation sites excluding steroid dienone is 2. The highest BCUT2D eigenvalue weighted by molar-refractivity contribution is 6.32. The van der Waals surface area contributed by atoms with Gasteiger partial charge in [-0.2, -0.15) is 13.2 Å². The molecule has 9 rings (SSSR count). The predicted octanol–water partition coefficient (Wildman–Crippen LogP) is 8.35. The smallest absolute Gasteiger partial charge is 0.355 e. The highest BCUT2D eigenvalue weighted by Crippen LogP contribution is 2.37. The highest BCUT2D eigenvalue weighted by Gasteiger charge is 2.34. The van der Waals surface area contributed by atoms with Crippen molar-refractivity contribution in [2.75, 3.05) is 5.01 Å². The molecule has 0 fully saturated rings. The van der Waals surface area contributed by atoms with Crippen molar-refractivity contribution < 1.29 is 13.2 Å². The monoisotopic (exact) mass is 676 g/mol. The molecular weight excluding hydrogens is 653 g/mol. The van der Waals surface area contributed by atoms with Crippen LogP contribution in [0.2, 0.25) is 5.02 Å². The summed E-state index contributed by atoms with van der Waals surface area (Å²) in [5.74, 6) is 0.390. The summed E-state index contributed by atoms with van der Waals surface area (Å²) in [6, 6.07) is 18.5. The van der Waals surface area contributed by atoms with E-state index in [1.54, 1.807) is 17.4 Å². The van der Waals surface area contributed by atoms with Crippen LogP contribution in [-0.4, -0.2) is 39.5 Å². The first-order valence-corrected chi connectivity index (χ1v) is 15.4. The molecule has 0 saturated carbocycles.